The summed E-state index contributed by atoms with van der Waals surface area (Å²) in [5.41, 5.74) is 2.83. The van der Waals surface area contributed by atoms with Crippen LogP contribution < -0.4 is 5.32 Å². The van der Waals surface area contributed by atoms with E-state index in [1.54, 1.807) is 6.08 Å². The lowest BCUT2D eigenvalue weighted by Crippen LogP contribution is -2.27. The maximum Gasteiger partial charge on any atom is 0.167 e. The lowest BCUT2D eigenvalue weighted by atomic mass is 10.0. The molecule has 2 aliphatic rings. The third-order valence-electron chi connectivity index (χ3n) is 2.50. The highest BCUT2D eigenvalue weighted by Crippen LogP contribution is 2.29. The molecule has 2 heterocycles. The first-order chi connectivity index (χ1) is 8.54. The van der Waals surface area contributed by atoms with Crippen LogP contribution in [0, 0.1) is 0 Å². The number of allylic oxidation sites excluding steroid dienone is 1. The van der Waals surface area contributed by atoms with Gasteiger partial charge >= 0.3 is 0 Å². The number of halogens is 4. The van der Waals surface area contributed by atoms with E-state index in [2.05, 4.69) is 20.3 Å². The van der Waals surface area contributed by atoms with Gasteiger partial charge in [0.1, 0.15) is 5.16 Å². The molecule has 0 saturated carbocycles. The summed E-state index contributed by atoms with van der Waals surface area (Å²) in [4.78, 5) is 12.5. The lowest BCUT2D eigenvalue weighted by Gasteiger charge is -2.22. The third kappa shape index (κ3) is 1.99. The van der Waals surface area contributed by atoms with Gasteiger partial charge < -0.3 is 5.32 Å². The van der Waals surface area contributed by atoms with Crippen molar-refractivity contribution in [3.8, 4) is 0 Å². The zero-order valence-electron chi connectivity index (χ0n) is 8.64. The van der Waals surface area contributed by atoms with E-state index in [1.165, 1.54) is 0 Å². The molecular weight excluding hydrogens is 318 g/mol. The summed E-state index contributed by atoms with van der Waals surface area (Å²) in [6.45, 7) is 0. The highest BCUT2D eigenvalue weighted by Gasteiger charge is 2.24. The average Bonchev–Trinajstić information content (AvgIpc) is 2.31. The minimum atomic E-state index is 0.170. The number of aromatic nitrogens is 2. The summed E-state index contributed by atoms with van der Waals surface area (Å²) >= 11 is 23.4. The molecule has 0 radical (unpaired) electrons. The van der Waals surface area contributed by atoms with Crippen LogP contribution >= 0.6 is 46.4 Å². The second-order valence-electron chi connectivity index (χ2n) is 3.66. The molecule has 0 saturated heterocycles. The van der Waals surface area contributed by atoms with Crippen molar-refractivity contribution in [2.45, 2.75) is 6.42 Å². The van der Waals surface area contributed by atoms with E-state index < -0.39 is 0 Å². The predicted octanol–water partition coefficient (Wildman–Crippen LogP) is 3.33. The second kappa shape index (κ2) is 4.38. The van der Waals surface area contributed by atoms with Crippen LogP contribution in [0.3, 0.4) is 0 Å². The number of aliphatic imine (C=N–C) groups is 1. The van der Waals surface area contributed by atoms with E-state index in [1.807, 2.05) is 0 Å². The second-order valence-corrected chi connectivity index (χ2v) is 5.11. The Labute approximate surface area is 122 Å². The van der Waals surface area contributed by atoms with Crippen LogP contribution in [-0.2, 0) is 6.42 Å². The van der Waals surface area contributed by atoms with Crippen molar-refractivity contribution < 1.29 is 0 Å². The molecule has 0 amide bonds. The number of rotatable bonds is 0. The first-order valence-electron chi connectivity index (χ1n) is 4.88. The predicted molar refractivity (Wildman–Crippen MR) is 73.0 cm³/mol. The summed E-state index contributed by atoms with van der Waals surface area (Å²) in [7, 11) is 0. The molecule has 0 fully saturated rings. The van der Waals surface area contributed by atoms with Gasteiger partial charge in [0.25, 0.3) is 0 Å². The van der Waals surface area contributed by atoms with Crippen LogP contribution in [0.1, 0.15) is 11.4 Å². The molecule has 92 valence electrons. The van der Waals surface area contributed by atoms with Gasteiger partial charge in [0.2, 0.25) is 0 Å². The molecule has 1 aromatic rings. The zero-order valence-corrected chi connectivity index (χ0v) is 11.7. The van der Waals surface area contributed by atoms with Crippen molar-refractivity contribution in [2.75, 3.05) is 0 Å². The Balaban J connectivity index is 2.12. The highest BCUT2D eigenvalue weighted by molar-refractivity contribution is 6.41. The fourth-order valence-corrected chi connectivity index (χ4v) is 2.27. The number of fused-ring (bicyclic) bond motifs is 2. The molecular formula is C10H4Cl4N4. The number of hydrogen-bond acceptors (Lipinski definition) is 4. The van der Waals surface area contributed by atoms with Crippen molar-refractivity contribution in [1.29, 1.82) is 0 Å². The smallest absolute Gasteiger partial charge is 0.167 e. The third-order valence-corrected chi connectivity index (χ3v) is 3.77. The number of nitrogens with zero attached hydrogens (tertiary/aromatic N) is 3. The zero-order chi connectivity index (χ0) is 12.9. The Hall–Kier alpha value is -0.810. The van der Waals surface area contributed by atoms with Crippen LogP contribution in [0.2, 0.25) is 10.3 Å². The van der Waals surface area contributed by atoms with E-state index in [9.17, 15) is 0 Å². The SMILES string of the molecule is ClC1=C(Cl)NC2=Cc3nc(Cl)c(Cl)nc3CC2=N1. The summed E-state index contributed by atoms with van der Waals surface area (Å²) in [5.74, 6) is 0. The normalized spacial score (nSPS) is 17.6. The van der Waals surface area contributed by atoms with Crippen molar-refractivity contribution in [3.05, 3.63) is 37.7 Å². The first-order valence-corrected chi connectivity index (χ1v) is 6.39. The Bertz CT molecular complexity index is 648. The van der Waals surface area contributed by atoms with Gasteiger partial charge in [-0.05, 0) is 6.08 Å². The van der Waals surface area contributed by atoms with Crippen LogP contribution in [0.25, 0.3) is 6.08 Å². The Morgan fingerprint density at radius 2 is 1.78 bits per heavy atom. The molecule has 0 aromatic carbocycles. The molecule has 1 N–H and O–H groups in total. The van der Waals surface area contributed by atoms with E-state index in [0.717, 1.165) is 11.4 Å². The Kier molecular flexibility index (Phi) is 2.98. The number of hydrogen-bond donors (Lipinski definition) is 1. The summed E-state index contributed by atoms with van der Waals surface area (Å²) < 4.78 is 0. The summed E-state index contributed by atoms with van der Waals surface area (Å²) in [6, 6.07) is 0. The molecule has 0 spiro atoms. The lowest BCUT2D eigenvalue weighted by molar-refractivity contribution is 0.987. The van der Waals surface area contributed by atoms with Gasteiger partial charge in [-0.3, -0.25) is 0 Å². The van der Waals surface area contributed by atoms with Crippen LogP contribution in [0.5, 0.6) is 0 Å². The summed E-state index contributed by atoms with van der Waals surface area (Å²) in [6.07, 6.45) is 2.23. The molecule has 1 aliphatic heterocycles. The molecule has 1 aliphatic carbocycles. The Morgan fingerprint density at radius 3 is 2.56 bits per heavy atom. The van der Waals surface area contributed by atoms with E-state index >= 15 is 0 Å². The van der Waals surface area contributed by atoms with E-state index in [-0.39, 0.29) is 20.6 Å². The van der Waals surface area contributed by atoms with E-state index in [0.29, 0.717) is 17.8 Å². The van der Waals surface area contributed by atoms with Crippen molar-refractivity contribution in [1.82, 2.24) is 15.3 Å². The monoisotopic (exact) mass is 320 g/mol. The van der Waals surface area contributed by atoms with Crippen molar-refractivity contribution in [3.63, 3.8) is 0 Å². The molecule has 1 aromatic heterocycles. The minimum absolute atomic E-state index is 0.170. The maximum absolute atomic E-state index is 5.88. The molecule has 8 heteroatoms. The maximum atomic E-state index is 5.88. The van der Waals surface area contributed by atoms with Gasteiger partial charge in [-0.25, -0.2) is 15.0 Å². The van der Waals surface area contributed by atoms with Crippen LogP contribution in [0.15, 0.2) is 21.0 Å². The molecule has 18 heavy (non-hydrogen) atoms. The van der Waals surface area contributed by atoms with Gasteiger partial charge in [0.15, 0.2) is 15.5 Å². The fourth-order valence-electron chi connectivity index (χ4n) is 1.70. The minimum Gasteiger partial charge on any atom is -0.342 e. The van der Waals surface area contributed by atoms with Crippen molar-refractivity contribution >= 4 is 58.2 Å². The standard InChI is InChI=1S/C10H4Cl4N4/c11-7-9(13)17-5-2-6-4(1-3(5)15-7)16-8(12)10(14)18-6/h1,15H,2H2. The highest BCUT2D eigenvalue weighted by atomic mass is 35.5. The molecule has 0 unspecified atom stereocenters. The van der Waals surface area contributed by atoms with Gasteiger partial charge in [-0.2, -0.15) is 0 Å². The fraction of sp³-hybridized carbons (Fsp3) is 0.100. The number of nitrogens with one attached hydrogen (secondary N) is 1. The van der Waals surface area contributed by atoms with Crippen LogP contribution in [-0.4, -0.2) is 15.7 Å². The van der Waals surface area contributed by atoms with E-state index in [4.69, 9.17) is 46.4 Å². The van der Waals surface area contributed by atoms with Crippen molar-refractivity contribution in [2.24, 2.45) is 4.99 Å². The van der Waals surface area contributed by atoms with Gasteiger partial charge in [0, 0.05) is 6.42 Å². The van der Waals surface area contributed by atoms with Crippen LogP contribution in [0.4, 0.5) is 0 Å². The molecule has 0 bridgehead atoms. The first kappa shape index (κ1) is 12.2. The topological polar surface area (TPSA) is 50.2 Å². The molecule has 3 rings (SSSR count). The summed E-state index contributed by atoms with van der Waals surface area (Å²) in [5, 5.41) is 3.79. The van der Waals surface area contributed by atoms with Gasteiger partial charge in [-0.15, -0.1) is 0 Å². The molecule has 0 atom stereocenters. The average molecular weight is 322 g/mol. The van der Waals surface area contributed by atoms with Gasteiger partial charge in [0.05, 0.1) is 22.8 Å². The largest absolute Gasteiger partial charge is 0.342 e. The molecule has 4 nitrogen and oxygen atoms in total. The quantitative estimate of drug-likeness (QED) is 0.746. The van der Waals surface area contributed by atoms with Gasteiger partial charge in [-0.1, -0.05) is 46.4 Å². The Morgan fingerprint density at radius 1 is 1.06 bits per heavy atom.